The number of hydrogen-bond donors (Lipinski definition) is 0. The van der Waals surface area contributed by atoms with Crippen LogP contribution in [0, 0.1) is 0 Å². The molecule has 1 unspecified atom stereocenters. The number of benzene rings is 3. The molecule has 3 aromatic carbocycles. The Hall–Kier alpha value is -3.73. The first-order valence-corrected chi connectivity index (χ1v) is 10.6. The second-order valence-electron chi connectivity index (χ2n) is 7.82. The Balaban J connectivity index is 1.83. The molecular weight excluding hydrogens is 386 g/mol. The molecule has 3 aromatic rings. The molecule has 0 aliphatic carbocycles. The number of para-hydroxylation sites is 2. The van der Waals surface area contributed by atoms with Gasteiger partial charge in [-0.05, 0) is 30.2 Å². The van der Waals surface area contributed by atoms with Gasteiger partial charge in [0.15, 0.2) is 5.54 Å². The number of anilines is 2. The third-order valence-electron chi connectivity index (χ3n) is 6.04. The lowest BCUT2D eigenvalue weighted by molar-refractivity contribution is -0.125. The Bertz CT molecular complexity index is 1170. The van der Waals surface area contributed by atoms with Gasteiger partial charge in [-0.25, -0.2) is 4.79 Å². The zero-order valence-corrected chi connectivity index (χ0v) is 17.4. The molecule has 0 fully saturated rings. The van der Waals surface area contributed by atoms with Crippen LogP contribution in [0.4, 0.5) is 16.2 Å². The van der Waals surface area contributed by atoms with E-state index >= 15 is 0 Å². The van der Waals surface area contributed by atoms with Crippen molar-refractivity contribution in [2.75, 3.05) is 11.4 Å². The summed E-state index contributed by atoms with van der Waals surface area (Å²) in [6.45, 7) is 2.54. The van der Waals surface area contributed by atoms with Crippen molar-refractivity contribution in [3.05, 3.63) is 96.1 Å². The van der Waals surface area contributed by atoms with Crippen LogP contribution in [0.25, 0.3) is 0 Å². The third-order valence-corrected chi connectivity index (χ3v) is 6.04. The highest BCUT2D eigenvalue weighted by atomic mass is 16.2. The Labute approximate surface area is 181 Å². The lowest BCUT2D eigenvalue weighted by Crippen LogP contribution is -2.61. The van der Waals surface area contributed by atoms with Crippen molar-refractivity contribution in [3.63, 3.8) is 0 Å². The standard InChI is InChI=1S/C26H23N3O2/c1-2-3-18-28-25(31)27-23-21-16-10-11-17-22(21)29(20-14-8-5-9-15-20)24(30)26(23,28)19-12-6-4-7-13-19/h4-17H,2-3,18H2,1H3. The van der Waals surface area contributed by atoms with Crippen molar-refractivity contribution < 1.29 is 9.59 Å². The molecule has 0 radical (unpaired) electrons. The van der Waals surface area contributed by atoms with E-state index in [0.717, 1.165) is 35.3 Å². The largest absolute Gasteiger partial charge is 0.345 e. The van der Waals surface area contributed by atoms with Crippen molar-refractivity contribution in [2.24, 2.45) is 4.99 Å². The van der Waals surface area contributed by atoms with E-state index < -0.39 is 5.54 Å². The maximum atomic E-state index is 14.5. The van der Waals surface area contributed by atoms with E-state index in [1.807, 2.05) is 84.9 Å². The van der Waals surface area contributed by atoms with Crippen LogP contribution in [-0.2, 0) is 10.3 Å². The summed E-state index contributed by atoms with van der Waals surface area (Å²) in [4.78, 5) is 35.5. The van der Waals surface area contributed by atoms with E-state index in [1.165, 1.54) is 0 Å². The van der Waals surface area contributed by atoms with Gasteiger partial charge in [-0.1, -0.05) is 80.1 Å². The van der Waals surface area contributed by atoms with Crippen LogP contribution in [0.1, 0.15) is 30.9 Å². The number of urea groups is 1. The second kappa shape index (κ2) is 7.51. The molecule has 3 amide bonds. The molecule has 0 saturated heterocycles. The molecule has 0 saturated carbocycles. The zero-order chi connectivity index (χ0) is 21.4. The normalized spacial score (nSPS) is 19.8. The highest BCUT2D eigenvalue weighted by molar-refractivity contribution is 6.36. The van der Waals surface area contributed by atoms with Crippen LogP contribution in [0.3, 0.4) is 0 Å². The van der Waals surface area contributed by atoms with Crippen molar-refractivity contribution in [2.45, 2.75) is 25.3 Å². The maximum absolute atomic E-state index is 14.5. The molecule has 2 aliphatic heterocycles. The van der Waals surface area contributed by atoms with Crippen LogP contribution >= 0.6 is 0 Å². The van der Waals surface area contributed by atoms with Crippen LogP contribution in [-0.4, -0.2) is 29.1 Å². The minimum absolute atomic E-state index is 0.177. The molecule has 5 nitrogen and oxygen atoms in total. The molecule has 0 aromatic heterocycles. The summed E-state index contributed by atoms with van der Waals surface area (Å²) in [5, 5.41) is 0. The number of hydrogen-bond acceptors (Lipinski definition) is 2. The molecule has 1 atom stereocenters. The van der Waals surface area contributed by atoms with Gasteiger partial charge in [0, 0.05) is 17.8 Å². The van der Waals surface area contributed by atoms with E-state index in [-0.39, 0.29) is 11.9 Å². The van der Waals surface area contributed by atoms with Gasteiger partial charge >= 0.3 is 6.03 Å². The summed E-state index contributed by atoms with van der Waals surface area (Å²) in [5.74, 6) is -0.177. The molecule has 0 bridgehead atoms. The molecule has 2 heterocycles. The van der Waals surface area contributed by atoms with Gasteiger partial charge in [-0.2, -0.15) is 4.99 Å². The third kappa shape index (κ3) is 2.73. The maximum Gasteiger partial charge on any atom is 0.345 e. The number of aliphatic imine (C=N–C) groups is 1. The molecule has 0 N–H and O–H groups in total. The molecular formula is C26H23N3O2. The molecule has 5 rings (SSSR count). The predicted octanol–water partition coefficient (Wildman–Crippen LogP) is 5.29. The van der Waals surface area contributed by atoms with Gasteiger partial charge < -0.3 is 0 Å². The van der Waals surface area contributed by atoms with Gasteiger partial charge in [-0.3, -0.25) is 14.6 Å². The fraction of sp³-hybridized carbons (Fsp3) is 0.192. The Morgan fingerprint density at radius 3 is 2.19 bits per heavy atom. The highest BCUT2D eigenvalue weighted by Crippen LogP contribution is 2.48. The monoisotopic (exact) mass is 409 g/mol. The quantitative estimate of drug-likeness (QED) is 0.575. The second-order valence-corrected chi connectivity index (χ2v) is 7.82. The lowest BCUT2D eigenvalue weighted by atomic mass is 9.76. The number of rotatable bonds is 5. The van der Waals surface area contributed by atoms with Crippen molar-refractivity contribution in [3.8, 4) is 0 Å². The van der Waals surface area contributed by atoms with Gasteiger partial charge in [-0.15, -0.1) is 0 Å². The SMILES string of the molecule is CCCCN1C(=O)N=C2c3ccccc3N(c3ccccc3)C(=O)C21c1ccccc1. The molecule has 31 heavy (non-hydrogen) atoms. The summed E-state index contributed by atoms with van der Waals surface area (Å²) in [6, 6.07) is 26.5. The summed E-state index contributed by atoms with van der Waals surface area (Å²) >= 11 is 0. The lowest BCUT2D eigenvalue weighted by Gasteiger charge is -2.45. The molecule has 5 heteroatoms. The average molecular weight is 409 g/mol. The first-order valence-electron chi connectivity index (χ1n) is 10.6. The smallest absolute Gasteiger partial charge is 0.299 e. The number of nitrogens with zero attached hydrogens (tertiary/aromatic N) is 3. The summed E-state index contributed by atoms with van der Waals surface area (Å²) < 4.78 is 0. The minimum Gasteiger partial charge on any atom is -0.299 e. The fourth-order valence-corrected chi connectivity index (χ4v) is 4.63. The van der Waals surface area contributed by atoms with E-state index in [4.69, 9.17) is 0 Å². The van der Waals surface area contributed by atoms with Gasteiger partial charge in [0.25, 0.3) is 5.91 Å². The van der Waals surface area contributed by atoms with Crippen molar-refractivity contribution in [1.82, 2.24) is 4.90 Å². The van der Waals surface area contributed by atoms with Gasteiger partial charge in [0.2, 0.25) is 0 Å². The first-order chi connectivity index (χ1) is 15.2. The van der Waals surface area contributed by atoms with Crippen molar-refractivity contribution >= 4 is 29.0 Å². The van der Waals surface area contributed by atoms with E-state index in [1.54, 1.807) is 9.80 Å². The number of fused-ring (bicyclic) bond motifs is 3. The number of carbonyl (C=O) groups is 2. The summed E-state index contributed by atoms with van der Waals surface area (Å²) in [5.41, 5.74) is 2.32. The first kappa shape index (κ1) is 19.2. The predicted molar refractivity (Wildman–Crippen MR) is 122 cm³/mol. The van der Waals surface area contributed by atoms with E-state index in [9.17, 15) is 9.59 Å². The molecule has 0 spiro atoms. The Morgan fingerprint density at radius 2 is 1.48 bits per heavy atom. The highest BCUT2D eigenvalue weighted by Gasteiger charge is 2.61. The topological polar surface area (TPSA) is 53.0 Å². The molecule has 2 aliphatic rings. The van der Waals surface area contributed by atoms with Crippen LogP contribution < -0.4 is 4.90 Å². The van der Waals surface area contributed by atoms with Crippen molar-refractivity contribution in [1.29, 1.82) is 0 Å². The number of amides is 3. The van der Waals surface area contributed by atoms with E-state index in [0.29, 0.717) is 12.3 Å². The summed E-state index contributed by atoms with van der Waals surface area (Å²) in [6.07, 6.45) is 1.71. The zero-order valence-electron chi connectivity index (χ0n) is 17.4. The number of unbranched alkanes of at least 4 members (excludes halogenated alkanes) is 1. The van der Waals surface area contributed by atoms with E-state index in [2.05, 4.69) is 11.9 Å². The Kier molecular flexibility index (Phi) is 4.66. The van der Waals surface area contributed by atoms with Crippen LogP contribution in [0.15, 0.2) is 89.9 Å². The Morgan fingerprint density at radius 1 is 0.839 bits per heavy atom. The van der Waals surface area contributed by atoms with Gasteiger partial charge in [0.05, 0.1) is 11.4 Å². The number of carbonyl (C=O) groups excluding carboxylic acids is 2. The van der Waals surface area contributed by atoms with Gasteiger partial charge in [0.1, 0.15) is 0 Å². The van der Waals surface area contributed by atoms with Crippen LogP contribution in [0.5, 0.6) is 0 Å². The van der Waals surface area contributed by atoms with Crippen LogP contribution in [0.2, 0.25) is 0 Å². The fourth-order valence-electron chi connectivity index (χ4n) is 4.63. The minimum atomic E-state index is -1.28. The average Bonchev–Trinajstić information content (AvgIpc) is 3.12. The summed E-state index contributed by atoms with van der Waals surface area (Å²) in [7, 11) is 0. The molecule has 154 valence electrons.